The van der Waals surface area contributed by atoms with Gasteiger partial charge in [0.05, 0.1) is 6.10 Å². The molecule has 1 heterocycles. The highest BCUT2D eigenvalue weighted by Crippen LogP contribution is 2.68. The predicted octanol–water partition coefficient (Wildman–Crippen LogP) is 2.53. The highest BCUT2D eigenvalue weighted by Gasteiger charge is 2.69. The molecule has 3 rings (SSSR count). The lowest BCUT2D eigenvalue weighted by Crippen LogP contribution is -2.62. The number of hydrogen-bond acceptors (Lipinski definition) is 4. The molecule has 1 amide bonds. The Labute approximate surface area is 138 Å². The number of nitrogens with zero attached hydrogens (tertiary/aromatic N) is 1. The number of fused-ring (bicyclic) bond motifs is 1. The Hall–Kier alpha value is -1.07. The van der Waals surface area contributed by atoms with Gasteiger partial charge in [0, 0.05) is 17.4 Å². The molecule has 3 aliphatic rings. The lowest BCUT2D eigenvalue weighted by molar-refractivity contribution is -0.142. The van der Waals surface area contributed by atoms with Gasteiger partial charge in [0.1, 0.15) is 12.8 Å². The minimum Gasteiger partial charge on any atom is -0.449 e. The van der Waals surface area contributed by atoms with E-state index in [1.807, 2.05) is 6.92 Å². The predicted molar refractivity (Wildman–Crippen MR) is 86.5 cm³/mol. The third-order valence-electron chi connectivity index (χ3n) is 7.07. The zero-order valence-corrected chi connectivity index (χ0v) is 14.5. The molecule has 5 nitrogen and oxygen atoms in total. The summed E-state index contributed by atoms with van der Waals surface area (Å²) in [4.78, 5) is 13.9. The Morgan fingerprint density at radius 2 is 2.09 bits per heavy atom. The van der Waals surface area contributed by atoms with Crippen LogP contribution in [0.4, 0.5) is 4.79 Å². The van der Waals surface area contributed by atoms with Crippen LogP contribution in [0.2, 0.25) is 0 Å². The lowest BCUT2D eigenvalue weighted by atomic mass is 9.67. The quantitative estimate of drug-likeness (QED) is 0.780. The number of carbonyl (C=O) groups excluding carboxylic acids is 1. The molecule has 2 saturated carbocycles. The molecule has 1 saturated heterocycles. The van der Waals surface area contributed by atoms with Gasteiger partial charge in [-0.15, -0.1) is 0 Å². The Balaban J connectivity index is 1.89. The molecule has 2 N–H and O–H groups in total. The van der Waals surface area contributed by atoms with Crippen molar-refractivity contribution < 1.29 is 19.7 Å². The normalized spacial score (nSPS) is 39.2. The fourth-order valence-corrected chi connectivity index (χ4v) is 5.25. The molecule has 1 spiro atoms. The van der Waals surface area contributed by atoms with Gasteiger partial charge in [-0.2, -0.15) is 0 Å². The SMILES string of the molecule is C/C=C/[C@H](O)[C@H](C)C(O)N1C(=O)OC[C@]23CC[C@H](C[C@@H]12)C3(C)C. The van der Waals surface area contributed by atoms with Gasteiger partial charge < -0.3 is 14.9 Å². The molecule has 0 aromatic carbocycles. The monoisotopic (exact) mass is 323 g/mol. The highest BCUT2D eigenvalue weighted by atomic mass is 16.6. The molecule has 0 aromatic heterocycles. The Morgan fingerprint density at radius 1 is 1.39 bits per heavy atom. The summed E-state index contributed by atoms with van der Waals surface area (Å²) in [7, 11) is 0. The van der Waals surface area contributed by atoms with Crippen molar-refractivity contribution in [3.8, 4) is 0 Å². The first-order valence-electron chi connectivity index (χ1n) is 8.70. The van der Waals surface area contributed by atoms with Crippen molar-refractivity contribution in [3.05, 3.63) is 12.2 Å². The van der Waals surface area contributed by atoms with Crippen LogP contribution in [-0.2, 0) is 4.74 Å². The van der Waals surface area contributed by atoms with E-state index < -0.39 is 24.3 Å². The maximum absolute atomic E-state index is 12.4. The summed E-state index contributed by atoms with van der Waals surface area (Å²) >= 11 is 0. The van der Waals surface area contributed by atoms with E-state index in [1.54, 1.807) is 19.1 Å². The number of allylic oxidation sites excluding steroid dienone is 1. The molecule has 0 aromatic rings. The van der Waals surface area contributed by atoms with Gasteiger partial charge in [-0.25, -0.2) is 4.79 Å². The van der Waals surface area contributed by atoms with Crippen LogP contribution in [0.3, 0.4) is 0 Å². The van der Waals surface area contributed by atoms with Crippen LogP contribution in [-0.4, -0.2) is 46.2 Å². The Kier molecular flexibility index (Phi) is 4.00. The Morgan fingerprint density at radius 3 is 2.70 bits per heavy atom. The zero-order valence-electron chi connectivity index (χ0n) is 14.5. The van der Waals surface area contributed by atoms with Crippen molar-refractivity contribution in [1.82, 2.24) is 4.90 Å². The first-order valence-corrected chi connectivity index (χ1v) is 8.70. The van der Waals surface area contributed by atoms with E-state index in [9.17, 15) is 15.0 Å². The van der Waals surface area contributed by atoms with Gasteiger partial charge in [-0.1, -0.05) is 32.9 Å². The van der Waals surface area contributed by atoms with Gasteiger partial charge in [0.2, 0.25) is 0 Å². The number of rotatable bonds is 4. The van der Waals surface area contributed by atoms with Crippen molar-refractivity contribution in [1.29, 1.82) is 0 Å². The first kappa shape index (κ1) is 16.8. The summed E-state index contributed by atoms with van der Waals surface area (Å²) in [5.74, 6) is 0.101. The van der Waals surface area contributed by atoms with E-state index >= 15 is 0 Å². The van der Waals surface area contributed by atoms with E-state index in [4.69, 9.17) is 4.74 Å². The highest BCUT2D eigenvalue weighted by molar-refractivity contribution is 5.70. The minimum absolute atomic E-state index is 0.00718. The van der Waals surface area contributed by atoms with E-state index in [-0.39, 0.29) is 16.9 Å². The van der Waals surface area contributed by atoms with Crippen LogP contribution in [0, 0.1) is 22.7 Å². The molecule has 2 aliphatic carbocycles. The van der Waals surface area contributed by atoms with Crippen LogP contribution in [0.5, 0.6) is 0 Å². The lowest BCUT2D eigenvalue weighted by Gasteiger charge is -2.51. The van der Waals surface area contributed by atoms with Gasteiger partial charge >= 0.3 is 6.09 Å². The molecule has 3 fully saturated rings. The average Bonchev–Trinajstić information content (AvgIpc) is 2.88. The maximum Gasteiger partial charge on any atom is 0.412 e. The second-order valence-electron chi connectivity index (χ2n) is 8.12. The molecule has 1 aliphatic heterocycles. The van der Waals surface area contributed by atoms with Crippen LogP contribution < -0.4 is 0 Å². The van der Waals surface area contributed by atoms with Crippen LogP contribution in [0.25, 0.3) is 0 Å². The summed E-state index contributed by atoms with van der Waals surface area (Å²) in [6.45, 7) is 8.58. The number of carbonyl (C=O) groups is 1. The largest absolute Gasteiger partial charge is 0.449 e. The molecular weight excluding hydrogens is 294 g/mol. The molecule has 0 radical (unpaired) electrons. The van der Waals surface area contributed by atoms with E-state index in [2.05, 4.69) is 13.8 Å². The van der Waals surface area contributed by atoms with E-state index in [0.29, 0.717) is 12.5 Å². The molecule has 23 heavy (non-hydrogen) atoms. The van der Waals surface area contributed by atoms with Crippen molar-refractivity contribution in [3.63, 3.8) is 0 Å². The summed E-state index contributed by atoms with van der Waals surface area (Å²) in [5.41, 5.74) is 0.0410. The molecule has 2 bridgehead atoms. The van der Waals surface area contributed by atoms with E-state index in [0.717, 1.165) is 12.8 Å². The molecule has 1 unspecified atom stereocenters. The zero-order chi connectivity index (χ0) is 17.0. The number of aliphatic hydroxyl groups excluding tert-OH is 2. The molecular formula is C18H29NO4. The first-order chi connectivity index (χ1) is 10.8. The summed E-state index contributed by atoms with van der Waals surface area (Å²) in [6, 6.07) is 0.00718. The van der Waals surface area contributed by atoms with Crippen LogP contribution in [0.15, 0.2) is 12.2 Å². The van der Waals surface area contributed by atoms with Gasteiger partial charge in [0.25, 0.3) is 0 Å². The average molecular weight is 323 g/mol. The smallest absolute Gasteiger partial charge is 0.412 e. The summed E-state index contributed by atoms with van der Waals surface area (Å²) in [5, 5.41) is 20.9. The summed E-state index contributed by atoms with van der Waals surface area (Å²) < 4.78 is 5.50. The van der Waals surface area contributed by atoms with Crippen molar-refractivity contribution in [2.45, 2.75) is 65.3 Å². The number of cyclic esters (lactones) is 1. The van der Waals surface area contributed by atoms with Crippen LogP contribution in [0.1, 0.15) is 47.0 Å². The second-order valence-corrected chi connectivity index (χ2v) is 8.12. The molecule has 5 heteroatoms. The number of amides is 1. The minimum atomic E-state index is -1.04. The maximum atomic E-state index is 12.4. The van der Waals surface area contributed by atoms with Gasteiger partial charge in [-0.05, 0) is 37.5 Å². The third-order valence-corrected chi connectivity index (χ3v) is 7.07. The van der Waals surface area contributed by atoms with Crippen molar-refractivity contribution in [2.24, 2.45) is 22.7 Å². The van der Waals surface area contributed by atoms with Gasteiger partial charge in [0.15, 0.2) is 0 Å². The topological polar surface area (TPSA) is 70.0 Å². The van der Waals surface area contributed by atoms with E-state index in [1.165, 1.54) is 11.3 Å². The summed E-state index contributed by atoms with van der Waals surface area (Å²) in [6.07, 6.45) is 4.26. The van der Waals surface area contributed by atoms with Crippen molar-refractivity contribution >= 4 is 6.09 Å². The standard InChI is InChI=1S/C18H29NO4/c1-5-6-13(20)11(2)15(21)19-14-9-12-7-8-18(14,17(12,3)4)10-23-16(19)22/h5-6,11-15,20-21H,7-10H2,1-4H3/b6-5+/t11-,12+,13-,14+,15?,18+/m0/s1. The third kappa shape index (κ3) is 2.16. The molecule has 130 valence electrons. The fraction of sp³-hybridized carbons (Fsp3) is 0.833. The van der Waals surface area contributed by atoms with Crippen molar-refractivity contribution in [2.75, 3.05) is 6.61 Å². The number of ether oxygens (including phenoxy) is 1. The van der Waals surface area contributed by atoms with Crippen LogP contribution >= 0.6 is 0 Å². The number of hydrogen-bond donors (Lipinski definition) is 2. The fourth-order valence-electron chi connectivity index (χ4n) is 5.25. The van der Waals surface area contributed by atoms with Gasteiger partial charge in [-0.3, -0.25) is 4.90 Å². The Bertz CT molecular complexity index is 517. The second kappa shape index (κ2) is 5.49. The molecule has 6 atom stereocenters. The number of aliphatic hydroxyl groups is 2.